The maximum atomic E-state index is 13.2. The van der Waals surface area contributed by atoms with Crippen LogP contribution in [0.5, 0.6) is 11.5 Å². The van der Waals surface area contributed by atoms with E-state index in [1.54, 1.807) is 24.5 Å². The van der Waals surface area contributed by atoms with E-state index in [1.807, 2.05) is 0 Å². The first kappa shape index (κ1) is 19.3. The van der Waals surface area contributed by atoms with Gasteiger partial charge in [-0.25, -0.2) is 9.97 Å². The Labute approximate surface area is 167 Å². The summed E-state index contributed by atoms with van der Waals surface area (Å²) in [5, 5.41) is 0.00310. The molecule has 4 rings (SSSR count). The highest BCUT2D eigenvalue weighted by Gasteiger charge is 2.33. The van der Waals surface area contributed by atoms with Crippen LogP contribution in [0.15, 0.2) is 52.5 Å². The lowest BCUT2D eigenvalue weighted by atomic mass is 10.1. The molecule has 2 aromatic heterocycles. The van der Waals surface area contributed by atoms with E-state index in [9.17, 15) is 18.0 Å². The van der Waals surface area contributed by atoms with Crippen molar-refractivity contribution in [1.29, 1.82) is 0 Å². The number of pyridine rings is 1. The highest BCUT2D eigenvalue weighted by molar-refractivity contribution is 7.98. The van der Waals surface area contributed by atoms with Crippen molar-refractivity contribution in [2.45, 2.75) is 17.9 Å². The minimum absolute atomic E-state index is 0.00310. The van der Waals surface area contributed by atoms with Gasteiger partial charge in [0.2, 0.25) is 6.79 Å². The van der Waals surface area contributed by atoms with Gasteiger partial charge in [0.25, 0.3) is 5.56 Å². The van der Waals surface area contributed by atoms with Crippen LogP contribution in [0.1, 0.15) is 11.3 Å². The van der Waals surface area contributed by atoms with Crippen molar-refractivity contribution < 1.29 is 22.6 Å². The van der Waals surface area contributed by atoms with Crippen LogP contribution in [0.2, 0.25) is 0 Å². The number of benzene rings is 1. The molecule has 0 N–H and O–H groups in total. The molecule has 0 saturated heterocycles. The Bertz CT molecular complexity index is 1130. The number of halogens is 3. The number of aromatic nitrogens is 3. The first-order chi connectivity index (χ1) is 13.8. The normalized spacial score (nSPS) is 13.0. The minimum Gasteiger partial charge on any atom is -0.454 e. The summed E-state index contributed by atoms with van der Waals surface area (Å²) in [4.78, 5) is 20.0. The van der Waals surface area contributed by atoms with E-state index in [4.69, 9.17) is 9.47 Å². The lowest BCUT2D eigenvalue weighted by Crippen LogP contribution is -2.19. The lowest BCUT2D eigenvalue weighted by molar-refractivity contribution is -0.141. The number of hydrogen-bond acceptors (Lipinski definition) is 6. The highest BCUT2D eigenvalue weighted by atomic mass is 32.2. The molecule has 10 heteroatoms. The molecule has 0 aliphatic carbocycles. The second-order valence-electron chi connectivity index (χ2n) is 6.19. The Morgan fingerprint density at radius 2 is 1.90 bits per heavy atom. The Kier molecular flexibility index (Phi) is 4.95. The first-order valence-corrected chi connectivity index (χ1v) is 9.65. The summed E-state index contributed by atoms with van der Waals surface area (Å²) in [6, 6.07) is 8.94. The molecule has 0 spiro atoms. The monoisotopic (exact) mass is 421 g/mol. The standard InChI is InChI=1S/C19H14F3N3O3S/c1-29-18-23-13(7-16(24-18)19(20,21)22)12-3-5-17(26)25(9-12)8-11-2-4-14-15(6-11)28-10-27-14/h2-7,9H,8,10H2,1H3. The molecule has 3 aromatic rings. The third-order valence-electron chi connectivity index (χ3n) is 4.25. The van der Waals surface area contributed by atoms with E-state index >= 15 is 0 Å². The Morgan fingerprint density at radius 3 is 2.66 bits per heavy atom. The summed E-state index contributed by atoms with van der Waals surface area (Å²) in [6.45, 7) is 0.358. The Balaban J connectivity index is 1.71. The van der Waals surface area contributed by atoms with Crippen LogP contribution in [0, 0.1) is 0 Å². The fourth-order valence-corrected chi connectivity index (χ4v) is 3.23. The summed E-state index contributed by atoms with van der Waals surface area (Å²) < 4.78 is 51.5. The smallest absolute Gasteiger partial charge is 0.433 e. The number of thioether (sulfide) groups is 1. The number of nitrogens with zero attached hydrogens (tertiary/aromatic N) is 3. The summed E-state index contributed by atoms with van der Waals surface area (Å²) in [5.74, 6) is 1.21. The third-order valence-corrected chi connectivity index (χ3v) is 4.80. The van der Waals surface area contributed by atoms with Gasteiger partial charge in [0.1, 0.15) is 5.69 Å². The van der Waals surface area contributed by atoms with E-state index in [1.165, 1.54) is 22.9 Å². The zero-order valence-corrected chi connectivity index (χ0v) is 15.9. The average molecular weight is 421 g/mol. The molecule has 0 radical (unpaired) electrons. The number of alkyl halides is 3. The van der Waals surface area contributed by atoms with E-state index in [0.29, 0.717) is 17.1 Å². The van der Waals surface area contributed by atoms with Crippen LogP contribution >= 0.6 is 11.8 Å². The van der Waals surface area contributed by atoms with Crippen LogP contribution < -0.4 is 15.0 Å². The van der Waals surface area contributed by atoms with Crippen molar-refractivity contribution in [2.75, 3.05) is 13.0 Å². The molecule has 1 aliphatic heterocycles. The molecule has 29 heavy (non-hydrogen) atoms. The van der Waals surface area contributed by atoms with Gasteiger partial charge in [-0.1, -0.05) is 17.8 Å². The molecule has 3 heterocycles. The van der Waals surface area contributed by atoms with Crippen LogP contribution in [0.25, 0.3) is 11.3 Å². The molecule has 0 fully saturated rings. The summed E-state index contributed by atoms with van der Waals surface area (Å²) >= 11 is 1.01. The van der Waals surface area contributed by atoms with Crippen molar-refractivity contribution in [2.24, 2.45) is 0 Å². The van der Waals surface area contributed by atoms with Gasteiger partial charge in [0.05, 0.1) is 12.2 Å². The number of rotatable bonds is 4. The lowest BCUT2D eigenvalue weighted by Gasteiger charge is -2.12. The van der Waals surface area contributed by atoms with Crippen molar-refractivity contribution >= 4 is 11.8 Å². The Morgan fingerprint density at radius 1 is 1.10 bits per heavy atom. The maximum absolute atomic E-state index is 13.2. The van der Waals surface area contributed by atoms with Crippen LogP contribution in [-0.4, -0.2) is 27.6 Å². The molecular formula is C19H14F3N3O3S. The quantitative estimate of drug-likeness (QED) is 0.471. The van der Waals surface area contributed by atoms with Crippen molar-refractivity contribution in [3.63, 3.8) is 0 Å². The maximum Gasteiger partial charge on any atom is 0.433 e. The fourth-order valence-electron chi connectivity index (χ4n) is 2.85. The number of hydrogen-bond donors (Lipinski definition) is 0. The first-order valence-electron chi connectivity index (χ1n) is 8.43. The second kappa shape index (κ2) is 7.43. The van der Waals surface area contributed by atoms with E-state index in [2.05, 4.69) is 9.97 Å². The van der Waals surface area contributed by atoms with Crippen molar-refractivity contribution in [3.8, 4) is 22.8 Å². The molecule has 1 aromatic carbocycles. The van der Waals surface area contributed by atoms with Crippen LogP contribution in [0.4, 0.5) is 13.2 Å². The molecule has 0 amide bonds. The van der Waals surface area contributed by atoms with Gasteiger partial charge < -0.3 is 14.0 Å². The van der Waals surface area contributed by atoms with Gasteiger partial charge in [-0.15, -0.1) is 0 Å². The molecule has 1 aliphatic rings. The van der Waals surface area contributed by atoms with Crippen molar-refractivity contribution in [3.05, 3.63) is 64.2 Å². The van der Waals surface area contributed by atoms with Gasteiger partial charge in [-0.3, -0.25) is 4.79 Å². The Hall–Kier alpha value is -3.01. The summed E-state index contributed by atoms with van der Waals surface area (Å²) in [6.07, 6.45) is -1.51. The number of fused-ring (bicyclic) bond motifs is 1. The third kappa shape index (κ3) is 4.07. The predicted molar refractivity (Wildman–Crippen MR) is 100 cm³/mol. The van der Waals surface area contributed by atoms with Crippen molar-refractivity contribution in [1.82, 2.24) is 14.5 Å². The molecule has 0 unspecified atom stereocenters. The van der Waals surface area contributed by atoms with Crippen LogP contribution in [0.3, 0.4) is 0 Å². The van der Waals surface area contributed by atoms with E-state index in [0.717, 1.165) is 23.4 Å². The SMILES string of the molecule is CSc1nc(-c2ccc(=O)n(Cc3ccc4c(c3)OCO4)c2)cc(C(F)(F)F)n1. The largest absolute Gasteiger partial charge is 0.454 e. The average Bonchev–Trinajstić information content (AvgIpc) is 3.16. The molecule has 150 valence electrons. The second-order valence-corrected chi connectivity index (χ2v) is 6.97. The molecular weight excluding hydrogens is 407 g/mol. The van der Waals surface area contributed by atoms with Gasteiger partial charge in [-0.2, -0.15) is 13.2 Å². The van der Waals surface area contributed by atoms with E-state index < -0.39 is 11.9 Å². The van der Waals surface area contributed by atoms with Gasteiger partial charge in [-0.05, 0) is 36.1 Å². The van der Waals surface area contributed by atoms with Gasteiger partial charge >= 0.3 is 6.18 Å². The van der Waals surface area contributed by atoms with Gasteiger partial charge in [0.15, 0.2) is 16.7 Å². The minimum atomic E-state index is -4.59. The summed E-state index contributed by atoms with van der Waals surface area (Å²) in [5.41, 5.74) is -0.0522. The molecule has 0 saturated carbocycles. The van der Waals surface area contributed by atoms with E-state index in [-0.39, 0.29) is 29.7 Å². The fraction of sp³-hybridized carbons (Fsp3) is 0.211. The zero-order valence-electron chi connectivity index (χ0n) is 15.1. The predicted octanol–water partition coefficient (Wildman–Crippen LogP) is 3.82. The van der Waals surface area contributed by atoms with Gasteiger partial charge in [0, 0.05) is 17.8 Å². The van der Waals surface area contributed by atoms with Crippen LogP contribution in [-0.2, 0) is 12.7 Å². The highest BCUT2D eigenvalue weighted by Crippen LogP contribution is 2.33. The number of ether oxygens (including phenoxy) is 2. The molecule has 0 bridgehead atoms. The summed E-state index contributed by atoms with van der Waals surface area (Å²) in [7, 11) is 0. The molecule has 0 atom stereocenters. The molecule has 6 nitrogen and oxygen atoms in total. The topological polar surface area (TPSA) is 66.2 Å². The zero-order chi connectivity index (χ0) is 20.6.